The summed E-state index contributed by atoms with van der Waals surface area (Å²) < 4.78 is 1.10. The van der Waals surface area contributed by atoms with Crippen LogP contribution in [0.3, 0.4) is 0 Å². The fraction of sp³-hybridized carbons (Fsp3) is 0.615. The monoisotopic (exact) mass is 314 g/mol. The van der Waals surface area contributed by atoms with Gasteiger partial charge in [-0.2, -0.15) is 0 Å². The predicted octanol–water partition coefficient (Wildman–Crippen LogP) is 3.71. The van der Waals surface area contributed by atoms with Gasteiger partial charge in [0.15, 0.2) is 0 Å². The van der Waals surface area contributed by atoms with Crippen molar-refractivity contribution >= 4 is 27.7 Å². The van der Waals surface area contributed by atoms with Gasteiger partial charge < -0.3 is 5.32 Å². The van der Waals surface area contributed by atoms with Gasteiger partial charge in [-0.15, -0.1) is 11.8 Å². The van der Waals surface area contributed by atoms with Crippen LogP contribution >= 0.6 is 27.7 Å². The van der Waals surface area contributed by atoms with Gasteiger partial charge in [0.25, 0.3) is 0 Å². The number of hydrogen-bond donors (Lipinski definition) is 1. The molecule has 1 heterocycles. The Morgan fingerprint density at radius 1 is 1.53 bits per heavy atom. The van der Waals surface area contributed by atoms with E-state index < -0.39 is 0 Å². The van der Waals surface area contributed by atoms with Gasteiger partial charge >= 0.3 is 0 Å². The average Bonchev–Trinajstić information content (AvgIpc) is 2.57. The predicted molar refractivity (Wildman–Crippen MR) is 77.4 cm³/mol. The zero-order chi connectivity index (χ0) is 12.5. The molecule has 0 spiro atoms. The summed E-state index contributed by atoms with van der Waals surface area (Å²) in [5.41, 5.74) is 0.383. The minimum Gasteiger partial charge on any atom is -0.315 e. The summed E-state index contributed by atoms with van der Waals surface area (Å²) in [5, 5.41) is 5.20. The number of aromatic nitrogens is 1. The van der Waals surface area contributed by atoms with Gasteiger partial charge in [-0.1, -0.05) is 13.8 Å². The lowest BCUT2D eigenvalue weighted by atomic mass is 9.87. The smallest absolute Gasteiger partial charge is 0.110 e. The zero-order valence-corrected chi connectivity index (χ0v) is 12.9. The van der Waals surface area contributed by atoms with Crippen LogP contribution < -0.4 is 5.32 Å². The summed E-state index contributed by atoms with van der Waals surface area (Å²) >= 11 is 5.46. The molecule has 0 aromatic carbocycles. The molecule has 0 radical (unpaired) electrons. The standard InChI is InChI=1S/C13H19BrN2S/c1-13(2)7-6-10(11(13)15-3)17-12-9(14)5-4-8-16-12/h4-5,8,10-11,15H,6-7H2,1-3H3. The summed E-state index contributed by atoms with van der Waals surface area (Å²) in [6.45, 7) is 4.70. The summed E-state index contributed by atoms with van der Waals surface area (Å²) in [4.78, 5) is 4.45. The third kappa shape index (κ3) is 2.85. The molecule has 17 heavy (non-hydrogen) atoms. The Hall–Kier alpha value is -0.0600. The number of halogens is 1. The average molecular weight is 315 g/mol. The highest BCUT2D eigenvalue weighted by Gasteiger charge is 2.41. The molecule has 1 aliphatic carbocycles. The maximum Gasteiger partial charge on any atom is 0.110 e. The van der Waals surface area contributed by atoms with E-state index in [0.29, 0.717) is 16.7 Å². The molecule has 4 heteroatoms. The Balaban J connectivity index is 2.12. The highest BCUT2D eigenvalue weighted by atomic mass is 79.9. The topological polar surface area (TPSA) is 24.9 Å². The second-order valence-corrected chi connectivity index (χ2v) is 7.32. The molecule has 1 aromatic heterocycles. The molecule has 0 bridgehead atoms. The Morgan fingerprint density at radius 3 is 2.94 bits per heavy atom. The zero-order valence-electron chi connectivity index (χ0n) is 10.5. The molecule has 1 aromatic rings. The SMILES string of the molecule is CNC1C(Sc2ncccc2Br)CCC1(C)C. The van der Waals surface area contributed by atoms with Crippen LogP contribution in [0.4, 0.5) is 0 Å². The second kappa shape index (κ2) is 5.29. The van der Waals surface area contributed by atoms with E-state index in [2.05, 4.69) is 53.2 Å². The molecule has 1 fully saturated rings. The molecule has 2 unspecified atom stereocenters. The normalized spacial score (nSPS) is 27.3. The largest absolute Gasteiger partial charge is 0.315 e. The van der Waals surface area contributed by atoms with Gasteiger partial charge in [0, 0.05) is 22.0 Å². The third-order valence-electron chi connectivity index (χ3n) is 3.59. The molecule has 94 valence electrons. The lowest BCUT2D eigenvalue weighted by molar-refractivity contribution is 0.300. The van der Waals surface area contributed by atoms with Crippen LogP contribution in [0, 0.1) is 5.41 Å². The van der Waals surface area contributed by atoms with Crippen molar-refractivity contribution in [3.8, 4) is 0 Å². The first-order valence-corrected chi connectivity index (χ1v) is 7.66. The minimum atomic E-state index is 0.383. The van der Waals surface area contributed by atoms with Gasteiger partial charge in [-0.25, -0.2) is 4.98 Å². The molecule has 0 saturated heterocycles. The molecular weight excluding hydrogens is 296 g/mol. The number of pyridine rings is 1. The van der Waals surface area contributed by atoms with Gasteiger partial charge in [0.1, 0.15) is 5.03 Å². The summed E-state index contributed by atoms with van der Waals surface area (Å²) in [6.07, 6.45) is 4.40. The van der Waals surface area contributed by atoms with Gasteiger partial charge in [-0.3, -0.25) is 0 Å². The van der Waals surface area contributed by atoms with E-state index in [4.69, 9.17) is 0 Å². The van der Waals surface area contributed by atoms with Crippen LogP contribution in [0.15, 0.2) is 27.8 Å². The van der Waals surface area contributed by atoms with Crippen LogP contribution in [0.25, 0.3) is 0 Å². The summed E-state index contributed by atoms with van der Waals surface area (Å²) in [6, 6.07) is 4.58. The van der Waals surface area contributed by atoms with E-state index >= 15 is 0 Å². The van der Waals surface area contributed by atoms with Gasteiger partial charge in [-0.05, 0) is 53.4 Å². The fourth-order valence-corrected chi connectivity index (χ4v) is 4.65. The van der Waals surface area contributed by atoms with Crippen molar-refractivity contribution in [1.29, 1.82) is 0 Å². The van der Waals surface area contributed by atoms with Crippen molar-refractivity contribution in [2.24, 2.45) is 5.41 Å². The van der Waals surface area contributed by atoms with Crippen LogP contribution in [0.1, 0.15) is 26.7 Å². The van der Waals surface area contributed by atoms with E-state index in [1.807, 2.05) is 24.0 Å². The molecule has 2 atom stereocenters. The Bertz CT molecular complexity index is 395. The minimum absolute atomic E-state index is 0.383. The van der Waals surface area contributed by atoms with Crippen LogP contribution in [0.2, 0.25) is 0 Å². The highest BCUT2D eigenvalue weighted by Crippen LogP contribution is 2.45. The van der Waals surface area contributed by atoms with Crippen molar-refractivity contribution in [2.45, 2.75) is 43.0 Å². The number of nitrogens with one attached hydrogen (secondary N) is 1. The first-order valence-electron chi connectivity index (χ1n) is 5.99. The number of thioether (sulfide) groups is 1. The lowest BCUT2D eigenvalue weighted by Crippen LogP contribution is -2.41. The molecule has 0 aliphatic heterocycles. The fourth-order valence-electron chi connectivity index (χ4n) is 2.64. The van der Waals surface area contributed by atoms with E-state index in [1.54, 1.807) is 0 Å². The van der Waals surface area contributed by atoms with Crippen LogP contribution in [-0.4, -0.2) is 23.3 Å². The Kier molecular flexibility index (Phi) is 4.16. The van der Waals surface area contributed by atoms with E-state index in [9.17, 15) is 0 Å². The lowest BCUT2D eigenvalue weighted by Gasteiger charge is -2.30. The number of rotatable bonds is 3. The Labute approximate surface area is 116 Å². The number of nitrogens with zero attached hydrogens (tertiary/aromatic N) is 1. The van der Waals surface area contributed by atoms with E-state index in [0.717, 1.165) is 9.50 Å². The summed E-state index contributed by atoms with van der Waals surface area (Å²) in [7, 11) is 2.07. The maximum atomic E-state index is 4.45. The highest BCUT2D eigenvalue weighted by molar-refractivity contribution is 9.10. The van der Waals surface area contributed by atoms with Crippen molar-refractivity contribution in [3.05, 3.63) is 22.8 Å². The second-order valence-electron chi connectivity index (χ2n) is 5.24. The molecule has 1 saturated carbocycles. The summed E-state index contributed by atoms with van der Waals surface area (Å²) in [5.74, 6) is 0. The quantitative estimate of drug-likeness (QED) is 0.920. The molecule has 1 N–H and O–H groups in total. The molecule has 0 amide bonds. The van der Waals surface area contributed by atoms with Gasteiger partial charge in [0.05, 0.1) is 0 Å². The number of hydrogen-bond acceptors (Lipinski definition) is 3. The van der Waals surface area contributed by atoms with Crippen LogP contribution in [0.5, 0.6) is 0 Å². The molecule has 2 rings (SSSR count). The maximum absolute atomic E-state index is 4.45. The van der Waals surface area contributed by atoms with Crippen molar-refractivity contribution < 1.29 is 0 Å². The van der Waals surface area contributed by atoms with E-state index in [-0.39, 0.29) is 0 Å². The molecular formula is C13H19BrN2S. The molecule has 2 nitrogen and oxygen atoms in total. The third-order valence-corrected chi connectivity index (χ3v) is 5.85. The Morgan fingerprint density at radius 2 is 2.29 bits per heavy atom. The first-order chi connectivity index (χ1) is 8.04. The molecule has 1 aliphatic rings. The van der Waals surface area contributed by atoms with Crippen molar-refractivity contribution in [2.75, 3.05) is 7.05 Å². The van der Waals surface area contributed by atoms with Gasteiger partial charge in [0.2, 0.25) is 0 Å². The first kappa shape index (κ1) is 13.4. The van der Waals surface area contributed by atoms with Crippen molar-refractivity contribution in [3.63, 3.8) is 0 Å². The van der Waals surface area contributed by atoms with Crippen LogP contribution in [-0.2, 0) is 0 Å². The van der Waals surface area contributed by atoms with Crippen molar-refractivity contribution in [1.82, 2.24) is 10.3 Å². The van der Waals surface area contributed by atoms with E-state index in [1.165, 1.54) is 12.8 Å².